The van der Waals surface area contributed by atoms with Gasteiger partial charge in [-0.05, 0) is 37.0 Å². The van der Waals surface area contributed by atoms with Gasteiger partial charge in [-0.1, -0.05) is 22.9 Å². The minimum absolute atomic E-state index is 0.00622. The highest BCUT2D eigenvalue weighted by atomic mass is 79.9. The van der Waals surface area contributed by atoms with Crippen LogP contribution in [0.2, 0.25) is 0 Å². The van der Waals surface area contributed by atoms with E-state index >= 15 is 0 Å². The van der Waals surface area contributed by atoms with E-state index in [1.54, 1.807) is 0 Å². The van der Waals surface area contributed by atoms with E-state index in [2.05, 4.69) is 33.1 Å². The van der Waals surface area contributed by atoms with Gasteiger partial charge >= 0.3 is 0 Å². The summed E-state index contributed by atoms with van der Waals surface area (Å²) in [6.45, 7) is 4.38. The molecule has 1 fully saturated rings. The van der Waals surface area contributed by atoms with Crippen molar-refractivity contribution >= 4 is 33.1 Å². The number of rotatable bonds is 1. The molecule has 0 aliphatic carbocycles. The van der Waals surface area contributed by atoms with Crippen LogP contribution in [0.4, 0.5) is 5.69 Å². The van der Waals surface area contributed by atoms with Crippen LogP contribution in [0.15, 0.2) is 28.9 Å². The summed E-state index contributed by atoms with van der Waals surface area (Å²) in [6, 6.07) is 5.90. The van der Waals surface area contributed by atoms with Gasteiger partial charge in [0.1, 0.15) is 0 Å². The highest BCUT2D eigenvalue weighted by Crippen LogP contribution is 2.34. The summed E-state index contributed by atoms with van der Waals surface area (Å²) in [5, 5.41) is 2.92. The van der Waals surface area contributed by atoms with Gasteiger partial charge in [0.25, 0.3) is 5.91 Å². The molecular formula is C15H17BrN2O. The molecule has 1 amide bonds. The van der Waals surface area contributed by atoms with Crippen LogP contribution in [0, 0.1) is 5.92 Å². The van der Waals surface area contributed by atoms with Gasteiger partial charge in [-0.25, -0.2) is 0 Å². The van der Waals surface area contributed by atoms with E-state index in [-0.39, 0.29) is 5.91 Å². The van der Waals surface area contributed by atoms with E-state index in [1.165, 1.54) is 12.8 Å². The highest BCUT2D eigenvalue weighted by molar-refractivity contribution is 9.10. The number of benzene rings is 1. The number of likely N-dealkylation sites (tertiary alicyclic amines) is 1. The zero-order valence-corrected chi connectivity index (χ0v) is 12.5. The summed E-state index contributed by atoms with van der Waals surface area (Å²) in [5.74, 6) is 0.806. The smallest absolute Gasteiger partial charge is 0.257 e. The number of fused-ring (bicyclic) bond motifs is 1. The molecule has 1 aromatic rings. The predicted octanol–water partition coefficient (Wildman–Crippen LogP) is 3.47. The second-order valence-corrected chi connectivity index (χ2v) is 6.32. The Bertz CT molecular complexity index is 545. The van der Waals surface area contributed by atoms with Crippen molar-refractivity contribution in [1.82, 2.24) is 4.90 Å². The van der Waals surface area contributed by atoms with E-state index in [9.17, 15) is 4.79 Å². The van der Waals surface area contributed by atoms with Crippen molar-refractivity contribution in [3.05, 3.63) is 34.4 Å². The summed E-state index contributed by atoms with van der Waals surface area (Å²) in [6.07, 6.45) is 4.44. The van der Waals surface area contributed by atoms with Gasteiger partial charge in [-0.15, -0.1) is 0 Å². The van der Waals surface area contributed by atoms with Gasteiger partial charge in [0, 0.05) is 35.0 Å². The highest BCUT2D eigenvalue weighted by Gasteiger charge is 2.25. The lowest BCUT2D eigenvalue weighted by molar-refractivity contribution is -0.110. The van der Waals surface area contributed by atoms with E-state index in [1.807, 2.05) is 24.4 Å². The molecule has 3 rings (SSSR count). The van der Waals surface area contributed by atoms with Crippen LogP contribution in [0.5, 0.6) is 0 Å². The number of carbonyl (C=O) groups is 1. The molecule has 0 spiro atoms. The van der Waals surface area contributed by atoms with Crippen molar-refractivity contribution in [3.8, 4) is 0 Å². The van der Waals surface area contributed by atoms with Gasteiger partial charge < -0.3 is 10.2 Å². The maximum Gasteiger partial charge on any atom is 0.257 e. The SMILES string of the molecule is CC1CCN(/C=C2/C(=O)Nc3ccc(Br)cc32)CC1. The lowest BCUT2D eigenvalue weighted by atomic mass is 9.99. The molecule has 1 N–H and O–H groups in total. The molecule has 2 aliphatic rings. The molecule has 0 bridgehead atoms. The average Bonchev–Trinajstić information content (AvgIpc) is 2.69. The van der Waals surface area contributed by atoms with E-state index in [0.29, 0.717) is 0 Å². The molecule has 4 heteroatoms. The summed E-state index contributed by atoms with van der Waals surface area (Å²) >= 11 is 3.47. The largest absolute Gasteiger partial charge is 0.377 e. The number of anilines is 1. The number of piperidine rings is 1. The number of carbonyl (C=O) groups excluding carboxylic acids is 1. The maximum absolute atomic E-state index is 12.1. The molecule has 3 nitrogen and oxygen atoms in total. The first-order valence-corrected chi connectivity index (χ1v) is 7.50. The molecule has 0 atom stereocenters. The molecule has 1 aromatic carbocycles. The monoisotopic (exact) mass is 320 g/mol. The number of nitrogens with zero attached hydrogens (tertiary/aromatic N) is 1. The van der Waals surface area contributed by atoms with Crippen molar-refractivity contribution in [2.45, 2.75) is 19.8 Å². The third-order valence-electron chi connectivity index (χ3n) is 3.89. The second kappa shape index (κ2) is 5.00. The Kier molecular flexibility index (Phi) is 3.35. The van der Waals surface area contributed by atoms with Crippen LogP contribution in [0.1, 0.15) is 25.3 Å². The lowest BCUT2D eigenvalue weighted by Crippen LogP contribution is -2.29. The summed E-state index contributed by atoms with van der Waals surface area (Å²) in [5.41, 5.74) is 2.69. The van der Waals surface area contributed by atoms with Gasteiger partial charge in [-0.2, -0.15) is 0 Å². The predicted molar refractivity (Wildman–Crippen MR) is 80.7 cm³/mol. The molecule has 19 heavy (non-hydrogen) atoms. The number of nitrogens with one attached hydrogen (secondary N) is 1. The normalized spacial score (nSPS) is 21.7. The van der Waals surface area contributed by atoms with Crippen LogP contribution in [0.25, 0.3) is 5.57 Å². The Morgan fingerprint density at radius 2 is 2.11 bits per heavy atom. The number of halogens is 1. The minimum Gasteiger partial charge on any atom is -0.377 e. The van der Waals surface area contributed by atoms with Crippen molar-refractivity contribution < 1.29 is 4.79 Å². The number of hydrogen-bond donors (Lipinski definition) is 1. The second-order valence-electron chi connectivity index (χ2n) is 5.41. The van der Waals surface area contributed by atoms with Crippen molar-refractivity contribution in [2.24, 2.45) is 5.92 Å². The average molecular weight is 321 g/mol. The Labute approximate surface area is 121 Å². The molecule has 0 saturated carbocycles. The maximum atomic E-state index is 12.1. The first kappa shape index (κ1) is 12.7. The molecule has 1 saturated heterocycles. The van der Waals surface area contributed by atoms with Gasteiger partial charge in [0.15, 0.2) is 0 Å². The first-order chi connectivity index (χ1) is 9.13. The molecule has 2 aliphatic heterocycles. The third kappa shape index (κ3) is 2.54. The number of hydrogen-bond acceptors (Lipinski definition) is 2. The third-order valence-corrected chi connectivity index (χ3v) is 4.39. The van der Waals surface area contributed by atoms with Crippen LogP contribution in [-0.2, 0) is 4.79 Å². The summed E-state index contributed by atoms with van der Waals surface area (Å²) < 4.78 is 1.00. The Hall–Kier alpha value is -1.29. The summed E-state index contributed by atoms with van der Waals surface area (Å²) in [7, 11) is 0. The minimum atomic E-state index is 0.00622. The van der Waals surface area contributed by atoms with E-state index in [4.69, 9.17) is 0 Å². The number of amides is 1. The van der Waals surface area contributed by atoms with Crippen LogP contribution in [0.3, 0.4) is 0 Å². The zero-order valence-electron chi connectivity index (χ0n) is 10.9. The fourth-order valence-corrected chi connectivity index (χ4v) is 2.99. The fraction of sp³-hybridized carbons (Fsp3) is 0.400. The van der Waals surface area contributed by atoms with E-state index in [0.717, 1.165) is 40.3 Å². The van der Waals surface area contributed by atoms with Crippen molar-refractivity contribution in [2.75, 3.05) is 18.4 Å². The molecule has 0 unspecified atom stereocenters. The molecule has 0 radical (unpaired) electrons. The standard InChI is InChI=1S/C15H17BrN2O/c1-10-4-6-18(7-5-10)9-13-12-8-11(16)2-3-14(12)17-15(13)19/h2-3,8-10H,4-7H2,1H3,(H,17,19)/b13-9+. The van der Waals surface area contributed by atoms with Gasteiger partial charge in [0.2, 0.25) is 0 Å². The fourth-order valence-electron chi connectivity index (χ4n) is 2.63. The topological polar surface area (TPSA) is 32.3 Å². The van der Waals surface area contributed by atoms with Gasteiger partial charge in [-0.3, -0.25) is 4.79 Å². The van der Waals surface area contributed by atoms with Crippen molar-refractivity contribution in [3.63, 3.8) is 0 Å². The lowest BCUT2D eigenvalue weighted by Gasteiger charge is -2.29. The Morgan fingerprint density at radius 1 is 1.37 bits per heavy atom. The van der Waals surface area contributed by atoms with Gasteiger partial charge in [0.05, 0.1) is 5.57 Å². The Balaban J connectivity index is 1.89. The quantitative estimate of drug-likeness (QED) is 0.803. The summed E-state index contributed by atoms with van der Waals surface area (Å²) in [4.78, 5) is 14.3. The van der Waals surface area contributed by atoms with Crippen LogP contribution in [-0.4, -0.2) is 23.9 Å². The zero-order chi connectivity index (χ0) is 13.4. The van der Waals surface area contributed by atoms with Crippen molar-refractivity contribution in [1.29, 1.82) is 0 Å². The van der Waals surface area contributed by atoms with Crippen LogP contribution >= 0.6 is 15.9 Å². The molecule has 100 valence electrons. The molecule has 2 heterocycles. The van der Waals surface area contributed by atoms with E-state index < -0.39 is 0 Å². The Morgan fingerprint density at radius 3 is 2.84 bits per heavy atom. The van der Waals surface area contributed by atoms with Crippen LogP contribution < -0.4 is 5.32 Å². The first-order valence-electron chi connectivity index (χ1n) is 6.70. The molecular weight excluding hydrogens is 304 g/mol. The molecule has 0 aromatic heterocycles.